The number of hydrogen-bond acceptors (Lipinski definition) is 5. The number of benzene rings is 1. The summed E-state index contributed by atoms with van der Waals surface area (Å²) in [4.78, 5) is 9.98. The molecule has 0 radical (unpaired) electrons. The fraction of sp³-hybridized carbons (Fsp3) is 0.100. The summed E-state index contributed by atoms with van der Waals surface area (Å²) >= 11 is 1.64. The number of anilines is 1. The summed E-state index contributed by atoms with van der Waals surface area (Å²) in [5, 5.41) is 17.2. The second-order valence-electron chi connectivity index (χ2n) is 5.84. The standard InChI is InChI=1S/C20H17N3OS/c1-13-5-2-8-17(22-13)23-19(16-7-4-12-25-16)15-10-9-14-6-3-11-21-18(14)20(15)24/h2-12,19,24H,1H3,(H,22,23)/t19-/m1/s1. The molecule has 0 unspecified atom stereocenters. The van der Waals surface area contributed by atoms with Crippen molar-refractivity contribution < 1.29 is 5.11 Å². The number of thiophene rings is 1. The van der Waals surface area contributed by atoms with Crippen LogP contribution in [0.1, 0.15) is 22.2 Å². The van der Waals surface area contributed by atoms with Crippen molar-refractivity contribution in [2.75, 3.05) is 5.32 Å². The van der Waals surface area contributed by atoms with E-state index in [1.165, 1.54) is 0 Å². The van der Waals surface area contributed by atoms with Gasteiger partial charge in [-0.15, -0.1) is 11.3 Å². The summed E-state index contributed by atoms with van der Waals surface area (Å²) in [5.74, 6) is 0.982. The highest BCUT2D eigenvalue weighted by molar-refractivity contribution is 7.10. The summed E-state index contributed by atoms with van der Waals surface area (Å²) in [6.45, 7) is 1.96. The lowest BCUT2D eigenvalue weighted by Gasteiger charge is -2.20. The summed E-state index contributed by atoms with van der Waals surface area (Å²) in [6.07, 6.45) is 1.70. The lowest BCUT2D eigenvalue weighted by atomic mass is 10.0. The lowest BCUT2D eigenvalue weighted by molar-refractivity contribution is 0.472. The third kappa shape index (κ3) is 3.06. The van der Waals surface area contributed by atoms with Gasteiger partial charge in [-0.3, -0.25) is 4.98 Å². The Morgan fingerprint density at radius 1 is 1.04 bits per heavy atom. The van der Waals surface area contributed by atoms with Crippen LogP contribution in [-0.2, 0) is 0 Å². The van der Waals surface area contributed by atoms with Gasteiger partial charge >= 0.3 is 0 Å². The fourth-order valence-electron chi connectivity index (χ4n) is 2.91. The Kier molecular flexibility index (Phi) is 4.07. The molecule has 0 aliphatic rings. The predicted octanol–water partition coefficient (Wildman–Crippen LogP) is 4.91. The molecule has 0 bridgehead atoms. The Labute approximate surface area is 149 Å². The molecule has 0 aliphatic carbocycles. The number of hydrogen-bond donors (Lipinski definition) is 2. The maximum Gasteiger partial charge on any atom is 0.147 e. The minimum atomic E-state index is -0.194. The first-order chi connectivity index (χ1) is 12.2. The zero-order valence-corrected chi connectivity index (χ0v) is 14.5. The Morgan fingerprint density at radius 2 is 1.96 bits per heavy atom. The molecule has 3 heterocycles. The molecule has 0 amide bonds. The van der Waals surface area contributed by atoms with E-state index in [2.05, 4.69) is 21.4 Å². The largest absolute Gasteiger partial charge is 0.505 e. The molecular weight excluding hydrogens is 330 g/mol. The quantitative estimate of drug-likeness (QED) is 0.551. The minimum Gasteiger partial charge on any atom is -0.505 e. The van der Waals surface area contributed by atoms with Gasteiger partial charge in [-0.2, -0.15) is 0 Å². The van der Waals surface area contributed by atoms with Crippen molar-refractivity contribution in [3.63, 3.8) is 0 Å². The number of phenols is 1. The van der Waals surface area contributed by atoms with Gasteiger partial charge in [-0.1, -0.05) is 30.3 Å². The number of nitrogens with one attached hydrogen (secondary N) is 1. The van der Waals surface area contributed by atoms with E-state index in [9.17, 15) is 5.11 Å². The molecule has 124 valence electrons. The van der Waals surface area contributed by atoms with E-state index in [-0.39, 0.29) is 11.8 Å². The van der Waals surface area contributed by atoms with Crippen LogP contribution in [0.25, 0.3) is 10.9 Å². The average molecular weight is 347 g/mol. The molecule has 0 saturated heterocycles. The van der Waals surface area contributed by atoms with Crippen LogP contribution in [0.4, 0.5) is 5.82 Å². The van der Waals surface area contributed by atoms with Gasteiger partial charge in [0.05, 0.1) is 6.04 Å². The van der Waals surface area contributed by atoms with Crippen molar-refractivity contribution in [2.45, 2.75) is 13.0 Å². The molecule has 0 fully saturated rings. The highest BCUT2D eigenvalue weighted by atomic mass is 32.1. The molecule has 0 spiro atoms. The summed E-state index contributed by atoms with van der Waals surface area (Å²) in [5.41, 5.74) is 2.34. The molecule has 5 heteroatoms. The van der Waals surface area contributed by atoms with Crippen molar-refractivity contribution in [2.24, 2.45) is 0 Å². The van der Waals surface area contributed by atoms with Gasteiger partial charge in [0.1, 0.15) is 17.1 Å². The van der Waals surface area contributed by atoms with E-state index in [1.807, 2.05) is 60.8 Å². The van der Waals surface area contributed by atoms with E-state index in [0.717, 1.165) is 27.3 Å². The zero-order chi connectivity index (χ0) is 17.2. The zero-order valence-electron chi connectivity index (χ0n) is 13.7. The van der Waals surface area contributed by atoms with Gasteiger partial charge in [0.15, 0.2) is 0 Å². The number of fused-ring (bicyclic) bond motifs is 1. The first-order valence-corrected chi connectivity index (χ1v) is 8.90. The van der Waals surface area contributed by atoms with E-state index in [0.29, 0.717) is 5.52 Å². The maximum atomic E-state index is 10.8. The van der Waals surface area contributed by atoms with Gasteiger partial charge in [-0.25, -0.2) is 4.98 Å². The summed E-state index contributed by atoms with van der Waals surface area (Å²) < 4.78 is 0. The lowest BCUT2D eigenvalue weighted by Crippen LogP contribution is -2.12. The Bertz CT molecular complexity index is 1010. The third-order valence-corrected chi connectivity index (χ3v) is 5.04. The van der Waals surface area contributed by atoms with E-state index < -0.39 is 0 Å². The smallest absolute Gasteiger partial charge is 0.147 e. The van der Waals surface area contributed by atoms with Gasteiger partial charge in [0, 0.05) is 27.7 Å². The molecule has 1 atom stereocenters. The molecule has 1 aromatic carbocycles. The van der Waals surface area contributed by atoms with Gasteiger partial charge < -0.3 is 10.4 Å². The molecule has 3 aromatic heterocycles. The monoisotopic (exact) mass is 347 g/mol. The van der Waals surface area contributed by atoms with Crippen LogP contribution < -0.4 is 5.32 Å². The molecule has 2 N–H and O–H groups in total. The highest BCUT2D eigenvalue weighted by Gasteiger charge is 2.21. The van der Waals surface area contributed by atoms with Crippen molar-refractivity contribution in [1.29, 1.82) is 0 Å². The average Bonchev–Trinajstić information content (AvgIpc) is 3.15. The number of pyridine rings is 2. The van der Waals surface area contributed by atoms with Crippen molar-refractivity contribution in [1.82, 2.24) is 9.97 Å². The van der Waals surface area contributed by atoms with Crippen molar-refractivity contribution in [3.05, 3.63) is 82.3 Å². The molecule has 0 aliphatic heterocycles. The number of phenolic OH excluding ortho intramolecular Hbond substituents is 1. The first-order valence-electron chi connectivity index (χ1n) is 8.02. The Balaban J connectivity index is 1.83. The van der Waals surface area contributed by atoms with Crippen LogP contribution >= 0.6 is 11.3 Å². The maximum absolute atomic E-state index is 10.8. The topological polar surface area (TPSA) is 58.0 Å². The van der Waals surface area contributed by atoms with Crippen LogP contribution in [0.2, 0.25) is 0 Å². The summed E-state index contributed by atoms with van der Waals surface area (Å²) in [6, 6.07) is 17.5. The van der Waals surface area contributed by atoms with Crippen LogP contribution in [0, 0.1) is 6.92 Å². The number of rotatable bonds is 4. The Hall–Kier alpha value is -2.92. The fourth-order valence-corrected chi connectivity index (χ4v) is 3.70. The van der Waals surface area contributed by atoms with Crippen LogP contribution in [0.3, 0.4) is 0 Å². The van der Waals surface area contributed by atoms with E-state index >= 15 is 0 Å². The number of nitrogens with zero attached hydrogens (tertiary/aromatic N) is 2. The molecular formula is C20H17N3OS. The molecule has 25 heavy (non-hydrogen) atoms. The first kappa shape index (κ1) is 15.6. The Morgan fingerprint density at radius 3 is 2.76 bits per heavy atom. The van der Waals surface area contributed by atoms with Crippen molar-refractivity contribution in [3.8, 4) is 5.75 Å². The summed E-state index contributed by atoms with van der Waals surface area (Å²) in [7, 11) is 0. The number of aryl methyl sites for hydroxylation is 1. The normalized spacial score (nSPS) is 12.2. The molecule has 4 aromatic rings. The second-order valence-corrected chi connectivity index (χ2v) is 6.81. The van der Waals surface area contributed by atoms with E-state index in [4.69, 9.17) is 0 Å². The van der Waals surface area contributed by atoms with Crippen LogP contribution in [-0.4, -0.2) is 15.1 Å². The molecule has 4 nitrogen and oxygen atoms in total. The van der Waals surface area contributed by atoms with Crippen LogP contribution in [0.15, 0.2) is 66.2 Å². The predicted molar refractivity (Wildman–Crippen MR) is 102 cm³/mol. The van der Waals surface area contributed by atoms with Crippen LogP contribution in [0.5, 0.6) is 5.75 Å². The second kappa shape index (κ2) is 6.53. The van der Waals surface area contributed by atoms with Gasteiger partial charge in [0.25, 0.3) is 0 Å². The third-order valence-electron chi connectivity index (χ3n) is 4.10. The van der Waals surface area contributed by atoms with Gasteiger partial charge in [0.2, 0.25) is 0 Å². The SMILES string of the molecule is Cc1cccc(N[C@@H](c2cccs2)c2ccc3cccnc3c2O)n1. The van der Waals surface area contributed by atoms with Gasteiger partial charge in [-0.05, 0) is 36.6 Å². The van der Waals surface area contributed by atoms with Crippen molar-refractivity contribution >= 4 is 28.1 Å². The number of aromatic nitrogens is 2. The molecule has 4 rings (SSSR count). The highest BCUT2D eigenvalue weighted by Crippen LogP contribution is 2.37. The minimum absolute atomic E-state index is 0.194. The number of aromatic hydroxyl groups is 1. The van der Waals surface area contributed by atoms with E-state index in [1.54, 1.807) is 17.5 Å². The molecule has 0 saturated carbocycles.